The molecule has 0 atom stereocenters. The molecule has 0 radical (unpaired) electrons. The van der Waals surface area contributed by atoms with Gasteiger partial charge in [-0.1, -0.05) is 0 Å². The number of phenols is 1. The fraction of sp³-hybridized carbons (Fsp3) is 0.125. The van der Waals surface area contributed by atoms with Gasteiger partial charge in [0.2, 0.25) is 0 Å². The van der Waals surface area contributed by atoms with Crippen LogP contribution in [0.25, 0.3) is 0 Å². The van der Waals surface area contributed by atoms with Crippen LogP contribution in [-0.2, 0) is 14.6 Å². The minimum absolute atomic E-state index is 0.0926. The van der Waals surface area contributed by atoms with Crippen molar-refractivity contribution in [3.63, 3.8) is 0 Å². The predicted octanol–water partition coefficient (Wildman–Crippen LogP) is -0.0530. The van der Waals surface area contributed by atoms with E-state index in [1.54, 1.807) is 0 Å². The molecular formula is C8H9NO4S. The van der Waals surface area contributed by atoms with Gasteiger partial charge < -0.3 is 15.6 Å². The quantitative estimate of drug-likeness (QED) is 0.418. The van der Waals surface area contributed by atoms with Crippen LogP contribution in [0.2, 0.25) is 0 Å². The van der Waals surface area contributed by atoms with E-state index < -0.39 is 15.6 Å². The summed E-state index contributed by atoms with van der Waals surface area (Å²) in [4.78, 5) is 9.96. The maximum Gasteiger partial charge on any atom is 0.185 e. The highest BCUT2D eigenvalue weighted by molar-refractivity contribution is 7.92. The maximum atomic E-state index is 11.3. The third-order valence-corrected chi connectivity index (χ3v) is 3.20. The summed E-state index contributed by atoms with van der Waals surface area (Å²) in [5.41, 5.74) is 5.38. The molecule has 0 aliphatic heterocycles. The van der Waals surface area contributed by atoms with Gasteiger partial charge in [0.05, 0.1) is 10.6 Å². The summed E-state index contributed by atoms with van der Waals surface area (Å²) in [7, 11) is -3.63. The lowest BCUT2D eigenvalue weighted by atomic mass is 10.3. The van der Waals surface area contributed by atoms with Gasteiger partial charge in [-0.15, -0.1) is 0 Å². The zero-order valence-corrected chi connectivity index (χ0v) is 7.99. The van der Waals surface area contributed by atoms with E-state index in [4.69, 9.17) is 10.8 Å². The molecule has 0 aromatic heterocycles. The summed E-state index contributed by atoms with van der Waals surface area (Å²) in [6.07, 6.45) is 0.294. The van der Waals surface area contributed by atoms with Gasteiger partial charge in [0.1, 0.15) is 17.8 Å². The number of phenolic OH excluding ortho intramolecular Hbond substituents is 1. The van der Waals surface area contributed by atoms with Crippen molar-refractivity contribution in [3.8, 4) is 5.75 Å². The summed E-state index contributed by atoms with van der Waals surface area (Å²) in [6, 6.07) is 3.54. The smallest absolute Gasteiger partial charge is 0.185 e. The Morgan fingerprint density at radius 3 is 2.57 bits per heavy atom. The summed E-state index contributed by atoms with van der Waals surface area (Å²) >= 11 is 0. The highest BCUT2D eigenvalue weighted by Crippen LogP contribution is 2.23. The van der Waals surface area contributed by atoms with Crippen LogP contribution in [0, 0.1) is 0 Å². The van der Waals surface area contributed by atoms with Crippen molar-refractivity contribution in [2.45, 2.75) is 4.90 Å². The molecule has 1 aromatic carbocycles. The molecule has 0 bridgehead atoms. The third kappa shape index (κ3) is 2.02. The average Bonchev–Trinajstić information content (AvgIpc) is 2.09. The van der Waals surface area contributed by atoms with Gasteiger partial charge in [-0.3, -0.25) is 0 Å². The number of anilines is 1. The first-order valence-corrected chi connectivity index (χ1v) is 5.37. The number of aldehydes is 1. The van der Waals surface area contributed by atoms with E-state index in [1.165, 1.54) is 12.1 Å². The maximum absolute atomic E-state index is 11.3. The SMILES string of the molecule is Nc1ccc(S(=O)(=O)CC=O)cc1O. The normalized spacial score (nSPS) is 11.1. The molecule has 5 nitrogen and oxygen atoms in total. The standard InChI is InChI=1S/C8H9NO4S/c9-7-2-1-6(5-8(7)11)14(12,13)4-3-10/h1-3,5,11H,4,9H2. The predicted molar refractivity (Wildman–Crippen MR) is 50.6 cm³/mol. The number of hydrogen-bond acceptors (Lipinski definition) is 5. The Bertz CT molecular complexity index is 452. The van der Waals surface area contributed by atoms with Crippen LogP contribution < -0.4 is 5.73 Å². The molecule has 3 N–H and O–H groups in total. The molecule has 0 amide bonds. The summed E-state index contributed by atoms with van der Waals surface area (Å²) < 4.78 is 22.6. The van der Waals surface area contributed by atoms with Gasteiger partial charge in [-0.05, 0) is 12.1 Å². The molecule has 0 aliphatic carbocycles. The highest BCUT2D eigenvalue weighted by atomic mass is 32.2. The summed E-state index contributed by atoms with van der Waals surface area (Å²) in [5.74, 6) is -0.909. The summed E-state index contributed by atoms with van der Waals surface area (Å²) in [5, 5.41) is 9.15. The van der Waals surface area contributed by atoms with E-state index in [0.717, 1.165) is 6.07 Å². The number of benzene rings is 1. The molecule has 6 heteroatoms. The lowest BCUT2D eigenvalue weighted by Crippen LogP contribution is -2.07. The van der Waals surface area contributed by atoms with Crippen molar-refractivity contribution < 1.29 is 18.3 Å². The molecule has 0 fully saturated rings. The van der Waals surface area contributed by atoms with Gasteiger partial charge in [0, 0.05) is 6.07 Å². The zero-order chi connectivity index (χ0) is 10.8. The second-order valence-electron chi connectivity index (χ2n) is 2.67. The molecule has 0 heterocycles. The Morgan fingerprint density at radius 1 is 1.43 bits per heavy atom. The van der Waals surface area contributed by atoms with Gasteiger partial charge in [0.25, 0.3) is 0 Å². The van der Waals surface area contributed by atoms with E-state index in [9.17, 15) is 13.2 Å². The van der Waals surface area contributed by atoms with E-state index in [0.29, 0.717) is 6.29 Å². The molecule has 0 aliphatic rings. The Labute approximate surface area is 81.1 Å². The van der Waals surface area contributed by atoms with Crippen LogP contribution in [0.4, 0.5) is 5.69 Å². The van der Waals surface area contributed by atoms with E-state index in [1.807, 2.05) is 0 Å². The molecule has 0 saturated heterocycles. The topological polar surface area (TPSA) is 97.5 Å². The Morgan fingerprint density at radius 2 is 2.07 bits per heavy atom. The molecular weight excluding hydrogens is 206 g/mol. The minimum Gasteiger partial charge on any atom is -0.506 e. The van der Waals surface area contributed by atoms with Crippen LogP contribution in [-0.4, -0.2) is 25.6 Å². The van der Waals surface area contributed by atoms with Crippen LogP contribution in [0.1, 0.15) is 0 Å². The lowest BCUT2D eigenvalue weighted by Gasteiger charge is -2.02. The summed E-state index contributed by atoms with van der Waals surface area (Å²) in [6.45, 7) is 0. The second-order valence-corrected chi connectivity index (χ2v) is 4.70. The van der Waals surface area contributed by atoms with Crippen molar-refractivity contribution in [1.29, 1.82) is 0 Å². The van der Waals surface area contributed by atoms with Gasteiger partial charge >= 0.3 is 0 Å². The number of hydrogen-bond donors (Lipinski definition) is 2. The molecule has 0 unspecified atom stereocenters. The fourth-order valence-electron chi connectivity index (χ4n) is 0.903. The average molecular weight is 215 g/mol. The first-order chi connectivity index (χ1) is 6.47. The molecule has 14 heavy (non-hydrogen) atoms. The molecule has 1 rings (SSSR count). The number of nitrogens with two attached hydrogens (primary N) is 1. The van der Waals surface area contributed by atoms with E-state index in [2.05, 4.69) is 0 Å². The number of rotatable bonds is 3. The van der Waals surface area contributed by atoms with Crippen LogP contribution in [0.5, 0.6) is 5.75 Å². The van der Waals surface area contributed by atoms with Crippen LogP contribution in [0.3, 0.4) is 0 Å². The Balaban J connectivity index is 3.21. The Kier molecular flexibility index (Phi) is 2.76. The van der Waals surface area contributed by atoms with Crippen molar-refractivity contribution in [3.05, 3.63) is 18.2 Å². The van der Waals surface area contributed by atoms with Crippen LogP contribution in [0.15, 0.2) is 23.1 Å². The van der Waals surface area contributed by atoms with E-state index in [-0.39, 0.29) is 16.3 Å². The number of carbonyl (C=O) groups is 1. The second kappa shape index (κ2) is 3.67. The van der Waals surface area contributed by atoms with Crippen molar-refractivity contribution in [2.24, 2.45) is 0 Å². The van der Waals surface area contributed by atoms with Gasteiger partial charge in [0.15, 0.2) is 9.84 Å². The highest BCUT2D eigenvalue weighted by Gasteiger charge is 2.14. The first kappa shape index (κ1) is 10.5. The molecule has 76 valence electrons. The van der Waals surface area contributed by atoms with Crippen molar-refractivity contribution in [2.75, 3.05) is 11.5 Å². The fourth-order valence-corrected chi connectivity index (χ4v) is 1.84. The van der Waals surface area contributed by atoms with Gasteiger partial charge in [-0.25, -0.2) is 8.42 Å². The van der Waals surface area contributed by atoms with Crippen LogP contribution >= 0.6 is 0 Å². The molecule has 1 aromatic rings. The molecule has 0 saturated carbocycles. The first-order valence-electron chi connectivity index (χ1n) is 3.72. The number of aromatic hydroxyl groups is 1. The number of nitrogen functional groups attached to an aromatic ring is 1. The zero-order valence-electron chi connectivity index (χ0n) is 7.17. The third-order valence-electron chi connectivity index (χ3n) is 1.65. The minimum atomic E-state index is -3.63. The van der Waals surface area contributed by atoms with E-state index >= 15 is 0 Å². The van der Waals surface area contributed by atoms with Gasteiger partial charge in [-0.2, -0.15) is 0 Å². The number of carbonyl (C=O) groups excluding carboxylic acids is 1. The van der Waals surface area contributed by atoms with Crippen molar-refractivity contribution >= 4 is 21.8 Å². The monoisotopic (exact) mass is 215 g/mol. The number of sulfone groups is 1. The lowest BCUT2D eigenvalue weighted by molar-refractivity contribution is -0.105. The molecule has 0 spiro atoms. The largest absolute Gasteiger partial charge is 0.506 e. The van der Waals surface area contributed by atoms with Crippen molar-refractivity contribution in [1.82, 2.24) is 0 Å². The Hall–Kier alpha value is -1.56.